The minimum atomic E-state index is -0.459. The highest BCUT2D eigenvalue weighted by atomic mass is 16.2. The second kappa shape index (κ2) is 8.66. The predicted octanol–water partition coefficient (Wildman–Crippen LogP) is 0.835. The first-order valence-corrected chi connectivity index (χ1v) is 6.42. The monoisotopic (exact) mass is 250 g/mol. The SMILES string of the molecule is N[C@@H](CCc1ccccc1)C(=O)NCCCCO. The summed E-state index contributed by atoms with van der Waals surface area (Å²) in [5, 5.41) is 11.4. The van der Waals surface area contributed by atoms with E-state index in [4.69, 9.17) is 10.8 Å². The van der Waals surface area contributed by atoms with E-state index in [-0.39, 0.29) is 12.5 Å². The fourth-order valence-corrected chi connectivity index (χ4v) is 1.68. The molecule has 4 nitrogen and oxygen atoms in total. The molecule has 0 aliphatic heterocycles. The molecule has 1 rings (SSSR count). The molecule has 0 aliphatic rings. The van der Waals surface area contributed by atoms with Crippen molar-refractivity contribution in [2.45, 2.75) is 31.7 Å². The quantitative estimate of drug-likeness (QED) is 0.598. The van der Waals surface area contributed by atoms with Gasteiger partial charge in [0.05, 0.1) is 6.04 Å². The molecular formula is C14H22N2O2. The normalized spacial score (nSPS) is 12.1. The Bertz CT molecular complexity index is 341. The Hall–Kier alpha value is -1.39. The van der Waals surface area contributed by atoms with Crippen molar-refractivity contribution in [3.05, 3.63) is 35.9 Å². The van der Waals surface area contributed by atoms with Crippen LogP contribution in [0.5, 0.6) is 0 Å². The van der Waals surface area contributed by atoms with Crippen LogP contribution in [-0.4, -0.2) is 30.2 Å². The average Bonchev–Trinajstić information content (AvgIpc) is 2.42. The van der Waals surface area contributed by atoms with Crippen molar-refractivity contribution in [1.29, 1.82) is 0 Å². The molecule has 1 aromatic carbocycles. The zero-order chi connectivity index (χ0) is 13.2. The molecule has 0 aromatic heterocycles. The molecule has 4 N–H and O–H groups in total. The molecule has 0 fully saturated rings. The first-order chi connectivity index (χ1) is 8.74. The molecule has 0 unspecified atom stereocenters. The number of aliphatic hydroxyl groups is 1. The fraction of sp³-hybridized carbons (Fsp3) is 0.500. The first-order valence-electron chi connectivity index (χ1n) is 6.42. The van der Waals surface area contributed by atoms with Crippen LogP contribution in [0.1, 0.15) is 24.8 Å². The van der Waals surface area contributed by atoms with E-state index in [1.165, 1.54) is 5.56 Å². The molecule has 1 aromatic rings. The van der Waals surface area contributed by atoms with E-state index in [2.05, 4.69) is 5.32 Å². The van der Waals surface area contributed by atoms with E-state index in [1.807, 2.05) is 30.3 Å². The van der Waals surface area contributed by atoms with E-state index in [0.29, 0.717) is 19.4 Å². The highest BCUT2D eigenvalue weighted by Crippen LogP contribution is 2.04. The fourth-order valence-electron chi connectivity index (χ4n) is 1.68. The van der Waals surface area contributed by atoms with E-state index in [9.17, 15) is 4.79 Å². The van der Waals surface area contributed by atoms with Gasteiger partial charge in [-0.15, -0.1) is 0 Å². The number of carbonyl (C=O) groups is 1. The Morgan fingerprint density at radius 1 is 1.28 bits per heavy atom. The minimum Gasteiger partial charge on any atom is -0.396 e. The van der Waals surface area contributed by atoms with Crippen LogP contribution >= 0.6 is 0 Å². The Labute approximate surface area is 108 Å². The molecular weight excluding hydrogens is 228 g/mol. The van der Waals surface area contributed by atoms with Crippen LogP contribution in [0.3, 0.4) is 0 Å². The highest BCUT2D eigenvalue weighted by Gasteiger charge is 2.12. The average molecular weight is 250 g/mol. The Morgan fingerprint density at radius 2 is 2.00 bits per heavy atom. The molecule has 0 bridgehead atoms. The summed E-state index contributed by atoms with van der Waals surface area (Å²) in [4.78, 5) is 11.6. The number of aliphatic hydroxyl groups excluding tert-OH is 1. The van der Waals surface area contributed by atoms with Crippen LogP contribution in [0.25, 0.3) is 0 Å². The van der Waals surface area contributed by atoms with Crippen LogP contribution < -0.4 is 11.1 Å². The lowest BCUT2D eigenvalue weighted by molar-refractivity contribution is -0.122. The van der Waals surface area contributed by atoms with E-state index in [1.54, 1.807) is 0 Å². The third-order valence-electron chi connectivity index (χ3n) is 2.81. The number of carbonyl (C=O) groups excluding carboxylic acids is 1. The molecule has 100 valence electrons. The van der Waals surface area contributed by atoms with Gasteiger partial charge in [0.2, 0.25) is 5.91 Å². The Morgan fingerprint density at radius 3 is 2.67 bits per heavy atom. The van der Waals surface area contributed by atoms with Gasteiger partial charge in [-0.05, 0) is 31.2 Å². The third kappa shape index (κ3) is 5.80. The molecule has 1 atom stereocenters. The van der Waals surface area contributed by atoms with Crippen molar-refractivity contribution in [3.63, 3.8) is 0 Å². The lowest BCUT2D eigenvalue weighted by Gasteiger charge is -2.12. The summed E-state index contributed by atoms with van der Waals surface area (Å²) >= 11 is 0. The third-order valence-corrected chi connectivity index (χ3v) is 2.81. The van der Waals surface area contributed by atoms with Crippen molar-refractivity contribution in [2.24, 2.45) is 5.73 Å². The lowest BCUT2D eigenvalue weighted by Crippen LogP contribution is -2.41. The van der Waals surface area contributed by atoms with Crippen LogP contribution in [0, 0.1) is 0 Å². The van der Waals surface area contributed by atoms with Gasteiger partial charge in [-0.25, -0.2) is 0 Å². The molecule has 0 radical (unpaired) electrons. The van der Waals surface area contributed by atoms with Gasteiger partial charge in [0, 0.05) is 13.2 Å². The second-order valence-electron chi connectivity index (χ2n) is 4.35. The van der Waals surface area contributed by atoms with Gasteiger partial charge in [0.15, 0.2) is 0 Å². The molecule has 4 heteroatoms. The molecule has 18 heavy (non-hydrogen) atoms. The summed E-state index contributed by atoms with van der Waals surface area (Å²) in [7, 11) is 0. The molecule has 0 spiro atoms. The zero-order valence-corrected chi connectivity index (χ0v) is 10.6. The molecule has 0 saturated heterocycles. The van der Waals surface area contributed by atoms with Crippen molar-refractivity contribution in [3.8, 4) is 0 Å². The van der Waals surface area contributed by atoms with Gasteiger partial charge in [-0.1, -0.05) is 30.3 Å². The van der Waals surface area contributed by atoms with Gasteiger partial charge >= 0.3 is 0 Å². The van der Waals surface area contributed by atoms with Gasteiger partial charge in [-0.3, -0.25) is 4.79 Å². The summed E-state index contributed by atoms with van der Waals surface area (Å²) in [6.45, 7) is 0.744. The topological polar surface area (TPSA) is 75.4 Å². The maximum atomic E-state index is 11.6. The minimum absolute atomic E-state index is 0.108. The maximum Gasteiger partial charge on any atom is 0.236 e. The number of hydrogen-bond donors (Lipinski definition) is 3. The van der Waals surface area contributed by atoms with E-state index in [0.717, 1.165) is 12.8 Å². The Kier molecular flexibility index (Phi) is 7.06. The molecule has 1 amide bonds. The predicted molar refractivity (Wildman–Crippen MR) is 72.1 cm³/mol. The van der Waals surface area contributed by atoms with Crippen molar-refractivity contribution < 1.29 is 9.90 Å². The standard InChI is InChI=1S/C14H22N2O2/c15-13(14(18)16-10-4-5-11-17)9-8-12-6-2-1-3-7-12/h1-3,6-7,13,17H,4-5,8-11,15H2,(H,16,18)/t13-/m0/s1. The summed E-state index contributed by atoms with van der Waals surface area (Å²) in [6.07, 6.45) is 2.95. The van der Waals surface area contributed by atoms with E-state index < -0.39 is 6.04 Å². The maximum absolute atomic E-state index is 11.6. The number of unbranched alkanes of at least 4 members (excludes halogenated alkanes) is 1. The number of hydrogen-bond acceptors (Lipinski definition) is 3. The van der Waals surface area contributed by atoms with Crippen molar-refractivity contribution in [1.82, 2.24) is 5.32 Å². The van der Waals surface area contributed by atoms with Crippen LogP contribution in [0.2, 0.25) is 0 Å². The van der Waals surface area contributed by atoms with Gasteiger partial charge in [0.25, 0.3) is 0 Å². The van der Waals surface area contributed by atoms with Crippen LogP contribution in [0.15, 0.2) is 30.3 Å². The number of aryl methyl sites for hydroxylation is 1. The summed E-state index contributed by atoms with van der Waals surface area (Å²) in [5.74, 6) is -0.108. The van der Waals surface area contributed by atoms with Gasteiger partial charge < -0.3 is 16.2 Å². The molecule has 0 heterocycles. The van der Waals surface area contributed by atoms with Crippen molar-refractivity contribution in [2.75, 3.05) is 13.2 Å². The number of nitrogens with two attached hydrogens (primary N) is 1. The van der Waals surface area contributed by atoms with Crippen molar-refractivity contribution >= 4 is 5.91 Å². The number of amides is 1. The first kappa shape index (κ1) is 14.7. The van der Waals surface area contributed by atoms with Gasteiger partial charge in [0.1, 0.15) is 0 Å². The zero-order valence-electron chi connectivity index (χ0n) is 10.6. The summed E-state index contributed by atoms with van der Waals surface area (Å²) in [5.41, 5.74) is 7.01. The van der Waals surface area contributed by atoms with Crippen LogP contribution in [0.4, 0.5) is 0 Å². The highest BCUT2D eigenvalue weighted by molar-refractivity contribution is 5.81. The molecule has 0 saturated carbocycles. The smallest absolute Gasteiger partial charge is 0.236 e. The van der Waals surface area contributed by atoms with E-state index >= 15 is 0 Å². The summed E-state index contributed by atoms with van der Waals surface area (Å²) < 4.78 is 0. The molecule has 0 aliphatic carbocycles. The van der Waals surface area contributed by atoms with Gasteiger partial charge in [-0.2, -0.15) is 0 Å². The number of nitrogens with one attached hydrogen (secondary N) is 1. The number of benzene rings is 1. The largest absolute Gasteiger partial charge is 0.396 e. The Balaban J connectivity index is 2.19. The summed E-state index contributed by atoms with van der Waals surface area (Å²) in [6, 6.07) is 9.54. The number of rotatable bonds is 8. The van der Waals surface area contributed by atoms with Crippen LogP contribution in [-0.2, 0) is 11.2 Å². The second-order valence-corrected chi connectivity index (χ2v) is 4.35. The lowest BCUT2D eigenvalue weighted by atomic mass is 10.1.